The van der Waals surface area contributed by atoms with Crippen molar-refractivity contribution in [3.8, 4) is 0 Å². The Morgan fingerprint density at radius 3 is 1.75 bits per heavy atom. The second-order valence-electron chi connectivity index (χ2n) is 7.32. The van der Waals surface area contributed by atoms with Crippen molar-refractivity contribution < 1.29 is 9.36 Å². The Labute approximate surface area is 166 Å². The zero-order valence-electron chi connectivity index (χ0n) is 15.7. The number of carbonyl (C=O) groups excluding carboxylic acids is 1. The van der Waals surface area contributed by atoms with Crippen molar-refractivity contribution in [1.29, 1.82) is 0 Å². The first-order valence-corrected chi connectivity index (χ1v) is 11.4. The van der Waals surface area contributed by atoms with Crippen LogP contribution in [0.1, 0.15) is 30.9 Å². The van der Waals surface area contributed by atoms with Crippen molar-refractivity contribution in [2.45, 2.75) is 25.3 Å². The van der Waals surface area contributed by atoms with Crippen LogP contribution in [0, 0.1) is 5.92 Å². The molecule has 142 valence electrons. The summed E-state index contributed by atoms with van der Waals surface area (Å²) in [5.74, 6) is 0.440. The summed E-state index contributed by atoms with van der Waals surface area (Å²) >= 11 is 0. The standard InChI is InChI=1S/C24H24NO2P/c26-24(20-16-17-20)18-23(19-10-4-1-5-11-19)25-28(27,21-12-6-2-7-13-21)22-14-8-3-9-15-22/h1-15,20,23H,16-18H2,(H,25,27). The lowest BCUT2D eigenvalue weighted by Gasteiger charge is -2.27. The van der Waals surface area contributed by atoms with Crippen LogP contribution >= 0.6 is 7.29 Å². The van der Waals surface area contributed by atoms with Crippen LogP contribution in [0.15, 0.2) is 91.0 Å². The van der Waals surface area contributed by atoms with Gasteiger partial charge in [0.2, 0.25) is 7.29 Å². The number of carbonyl (C=O) groups is 1. The van der Waals surface area contributed by atoms with E-state index in [9.17, 15) is 9.36 Å². The molecule has 3 aromatic rings. The van der Waals surface area contributed by atoms with E-state index in [1.54, 1.807) is 0 Å². The summed E-state index contributed by atoms with van der Waals surface area (Å²) in [6, 6.07) is 28.6. The van der Waals surface area contributed by atoms with Crippen molar-refractivity contribution >= 4 is 23.7 Å². The molecule has 1 atom stereocenters. The van der Waals surface area contributed by atoms with Gasteiger partial charge in [-0.1, -0.05) is 66.7 Å². The fourth-order valence-corrected chi connectivity index (χ4v) is 5.95. The summed E-state index contributed by atoms with van der Waals surface area (Å²) in [6.45, 7) is 0. The van der Waals surface area contributed by atoms with E-state index in [-0.39, 0.29) is 17.7 Å². The molecule has 28 heavy (non-hydrogen) atoms. The Hall–Kier alpha value is -2.48. The van der Waals surface area contributed by atoms with Gasteiger partial charge in [0.1, 0.15) is 5.78 Å². The van der Waals surface area contributed by atoms with Gasteiger partial charge < -0.3 is 0 Å². The molecule has 0 spiro atoms. The van der Waals surface area contributed by atoms with Crippen molar-refractivity contribution in [2.75, 3.05) is 0 Å². The average molecular weight is 389 g/mol. The van der Waals surface area contributed by atoms with Crippen LogP contribution < -0.4 is 15.7 Å². The molecule has 0 aromatic heterocycles. The summed E-state index contributed by atoms with van der Waals surface area (Å²) < 4.78 is 14.3. The van der Waals surface area contributed by atoms with Crippen LogP contribution in [-0.2, 0) is 9.36 Å². The van der Waals surface area contributed by atoms with Gasteiger partial charge in [-0.3, -0.25) is 14.4 Å². The molecular weight excluding hydrogens is 365 g/mol. The van der Waals surface area contributed by atoms with E-state index in [0.29, 0.717) is 6.42 Å². The van der Waals surface area contributed by atoms with Gasteiger partial charge in [-0.2, -0.15) is 0 Å². The van der Waals surface area contributed by atoms with Crippen molar-refractivity contribution in [2.24, 2.45) is 5.92 Å². The number of Topliss-reactive ketones (excluding diaryl/α,β-unsaturated/α-hetero) is 1. The number of hydrogen-bond acceptors (Lipinski definition) is 2. The molecule has 1 saturated carbocycles. The first-order valence-electron chi connectivity index (χ1n) is 9.73. The van der Waals surface area contributed by atoms with Crippen LogP contribution in [0.2, 0.25) is 0 Å². The predicted octanol–water partition coefficient (Wildman–Crippen LogP) is 4.62. The fourth-order valence-electron chi connectivity index (χ4n) is 3.49. The van der Waals surface area contributed by atoms with Crippen LogP contribution in [-0.4, -0.2) is 5.78 Å². The molecule has 3 aromatic carbocycles. The molecule has 0 aliphatic heterocycles. The Morgan fingerprint density at radius 1 is 0.821 bits per heavy atom. The highest BCUT2D eigenvalue weighted by atomic mass is 31.2. The van der Waals surface area contributed by atoms with E-state index in [2.05, 4.69) is 5.09 Å². The topological polar surface area (TPSA) is 46.2 Å². The molecule has 0 amide bonds. The largest absolute Gasteiger partial charge is 0.299 e. The maximum absolute atomic E-state index is 14.3. The molecule has 1 unspecified atom stereocenters. The van der Waals surface area contributed by atoms with Gasteiger partial charge in [0.05, 0.1) is 0 Å². The molecule has 0 radical (unpaired) electrons. The van der Waals surface area contributed by atoms with E-state index in [4.69, 9.17) is 0 Å². The SMILES string of the molecule is O=C(CC(NP(=O)(c1ccccc1)c1ccccc1)c1ccccc1)C1CC1. The minimum Gasteiger partial charge on any atom is -0.299 e. The Morgan fingerprint density at radius 2 is 1.29 bits per heavy atom. The lowest BCUT2D eigenvalue weighted by atomic mass is 10.0. The monoisotopic (exact) mass is 389 g/mol. The molecule has 0 heterocycles. The van der Waals surface area contributed by atoms with Gasteiger partial charge in [-0.05, 0) is 42.7 Å². The number of ketones is 1. The molecule has 0 bridgehead atoms. The van der Waals surface area contributed by atoms with Crippen molar-refractivity contribution in [3.05, 3.63) is 96.6 Å². The number of hydrogen-bond donors (Lipinski definition) is 1. The smallest absolute Gasteiger partial charge is 0.205 e. The minimum atomic E-state index is -3.11. The second-order valence-corrected chi connectivity index (χ2v) is 9.83. The second kappa shape index (κ2) is 8.26. The van der Waals surface area contributed by atoms with Crippen LogP contribution in [0.5, 0.6) is 0 Å². The molecule has 1 aliphatic rings. The van der Waals surface area contributed by atoms with Gasteiger partial charge in [0.15, 0.2) is 0 Å². The summed E-state index contributed by atoms with van der Waals surface area (Å²) in [5.41, 5.74) is 0.989. The Balaban J connectivity index is 1.74. The lowest BCUT2D eigenvalue weighted by molar-refractivity contribution is -0.120. The third kappa shape index (κ3) is 4.16. The summed E-state index contributed by atoms with van der Waals surface area (Å²) in [7, 11) is -3.11. The van der Waals surface area contributed by atoms with Crippen molar-refractivity contribution in [1.82, 2.24) is 5.09 Å². The third-order valence-corrected chi connectivity index (χ3v) is 7.94. The molecule has 1 fully saturated rings. The predicted molar refractivity (Wildman–Crippen MR) is 114 cm³/mol. The Kier molecular flexibility index (Phi) is 5.57. The number of rotatable bonds is 8. The maximum atomic E-state index is 14.3. The first-order chi connectivity index (χ1) is 13.7. The minimum absolute atomic E-state index is 0.181. The third-order valence-electron chi connectivity index (χ3n) is 5.22. The van der Waals surface area contributed by atoms with Gasteiger partial charge in [0.25, 0.3) is 0 Å². The maximum Gasteiger partial charge on any atom is 0.205 e. The lowest BCUT2D eigenvalue weighted by Crippen LogP contribution is -2.32. The molecule has 4 heteroatoms. The van der Waals surface area contributed by atoms with Crippen LogP contribution in [0.4, 0.5) is 0 Å². The van der Waals surface area contributed by atoms with Gasteiger partial charge in [0, 0.05) is 29.0 Å². The highest BCUT2D eigenvalue weighted by Gasteiger charge is 2.35. The zero-order chi connectivity index (χ0) is 19.4. The molecule has 0 saturated heterocycles. The van der Waals surface area contributed by atoms with Gasteiger partial charge >= 0.3 is 0 Å². The van der Waals surface area contributed by atoms with E-state index in [0.717, 1.165) is 29.0 Å². The molecule has 1 aliphatic carbocycles. The van der Waals surface area contributed by atoms with Crippen LogP contribution in [0.25, 0.3) is 0 Å². The van der Waals surface area contributed by atoms with Gasteiger partial charge in [-0.25, -0.2) is 0 Å². The average Bonchev–Trinajstić information content (AvgIpc) is 3.61. The summed E-state index contributed by atoms with van der Waals surface area (Å²) in [5, 5.41) is 4.93. The first kappa shape index (κ1) is 18.9. The van der Waals surface area contributed by atoms with E-state index >= 15 is 0 Å². The molecular formula is C24H24NO2P. The Bertz CT molecular complexity index is 926. The summed E-state index contributed by atoms with van der Waals surface area (Å²) in [4.78, 5) is 12.6. The van der Waals surface area contributed by atoms with E-state index in [1.807, 2.05) is 91.0 Å². The van der Waals surface area contributed by atoms with Crippen LogP contribution in [0.3, 0.4) is 0 Å². The van der Waals surface area contributed by atoms with Crippen molar-refractivity contribution in [3.63, 3.8) is 0 Å². The van der Waals surface area contributed by atoms with E-state index < -0.39 is 7.29 Å². The number of nitrogens with one attached hydrogen (secondary N) is 1. The highest BCUT2D eigenvalue weighted by molar-refractivity contribution is 7.76. The van der Waals surface area contributed by atoms with Gasteiger partial charge in [-0.15, -0.1) is 0 Å². The number of benzene rings is 3. The normalized spacial score (nSPS) is 15.1. The molecule has 1 N–H and O–H groups in total. The molecule has 3 nitrogen and oxygen atoms in total. The quantitative estimate of drug-likeness (QED) is 0.572. The highest BCUT2D eigenvalue weighted by Crippen LogP contribution is 2.43. The summed E-state index contributed by atoms with van der Waals surface area (Å²) in [6.07, 6.45) is 2.32. The zero-order valence-corrected chi connectivity index (χ0v) is 16.6. The van der Waals surface area contributed by atoms with E-state index in [1.165, 1.54) is 0 Å². The molecule has 4 rings (SSSR count). The fraction of sp³-hybridized carbons (Fsp3) is 0.208.